The molecule has 2 N–H and O–H groups in total. The van der Waals surface area contributed by atoms with Gasteiger partial charge < -0.3 is 14.7 Å². The van der Waals surface area contributed by atoms with E-state index in [2.05, 4.69) is 38.2 Å². The Morgan fingerprint density at radius 2 is 2.20 bits per heavy atom. The van der Waals surface area contributed by atoms with E-state index in [1.165, 1.54) is 0 Å². The highest BCUT2D eigenvalue weighted by Gasteiger charge is 2.22. The number of benzene rings is 1. The molecular weight excluding hydrogens is 394 g/mol. The molecule has 2 unspecified atom stereocenters. The molecule has 0 aliphatic heterocycles. The number of phenolic OH excluding ortho intramolecular Hbond substituents is 2. The summed E-state index contributed by atoms with van der Waals surface area (Å²) in [4.78, 5) is 14.8. The zero-order valence-corrected chi connectivity index (χ0v) is 14.7. The Hall–Kier alpha value is -2.42. The molecule has 1 aliphatic carbocycles. The molecule has 1 aromatic heterocycles. The number of phenols is 2. The molecule has 1 heterocycles. The van der Waals surface area contributed by atoms with Crippen LogP contribution in [0.25, 0.3) is 11.5 Å². The van der Waals surface area contributed by atoms with Gasteiger partial charge >= 0.3 is 5.69 Å². The molecular formula is C16H16BrN3O5. The number of allylic oxidation sites excluding steroid dienone is 2. The zero-order valence-electron chi connectivity index (χ0n) is 13.1. The lowest BCUT2D eigenvalue weighted by Gasteiger charge is -2.20. The van der Waals surface area contributed by atoms with Gasteiger partial charge in [0.15, 0.2) is 11.6 Å². The molecule has 9 heteroatoms. The monoisotopic (exact) mass is 409 g/mol. The number of hydrogen-bond acceptors (Lipinski definition) is 7. The number of halogens is 1. The van der Waals surface area contributed by atoms with Gasteiger partial charge in [0.05, 0.1) is 10.5 Å². The molecule has 0 spiro atoms. The molecule has 0 amide bonds. The Labute approximate surface area is 151 Å². The molecule has 3 rings (SSSR count). The van der Waals surface area contributed by atoms with Crippen molar-refractivity contribution in [1.29, 1.82) is 0 Å². The summed E-state index contributed by atoms with van der Waals surface area (Å²) in [5.74, 6) is -0.291. The van der Waals surface area contributed by atoms with Gasteiger partial charge in [0.1, 0.15) is 0 Å². The summed E-state index contributed by atoms with van der Waals surface area (Å²) in [6, 6.07) is 2.24. The molecule has 0 radical (unpaired) electrons. The SMILES string of the molecule is O=[N+]([O-])c1cc(-c2nc(CCC3CC=CC(Br)C3)no2)cc(O)c1O. The van der Waals surface area contributed by atoms with Gasteiger partial charge in [0.2, 0.25) is 5.75 Å². The fourth-order valence-electron chi connectivity index (χ4n) is 2.82. The van der Waals surface area contributed by atoms with Gasteiger partial charge in [0, 0.05) is 17.3 Å². The Morgan fingerprint density at radius 3 is 2.92 bits per heavy atom. The number of alkyl halides is 1. The Morgan fingerprint density at radius 1 is 1.40 bits per heavy atom. The van der Waals surface area contributed by atoms with Crippen LogP contribution in [-0.4, -0.2) is 30.1 Å². The number of aryl methyl sites for hydroxylation is 1. The smallest absolute Gasteiger partial charge is 0.315 e. The van der Waals surface area contributed by atoms with Crippen LogP contribution in [0.1, 0.15) is 25.1 Å². The van der Waals surface area contributed by atoms with E-state index in [0.29, 0.717) is 23.0 Å². The molecule has 8 nitrogen and oxygen atoms in total. The summed E-state index contributed by atoms with van der Waals surface area (Å²) in [6.45, 7) is 0. The standard InChI is InChI=1S/C16H16BrN3O5/c17-11-3-1-2-9(6-11)4-5-14-18-16(25-19-14)10-7-12(20(23)24)15(22)13(21)8-10/h1,3,7-9,11,21-22H,2,4-6H2. The van der Waals surface area contributed by atoms with Crippen molar-refractivity contribution in [3.63, 3.8) is 0 Å². The molecule has 132 valence electrons. The van der Waals surface area contributed by atoms with Crippen molar-refractivity contribution in [3.8, 4) is 23.0 Å². The summed E-state index contributed by atoms with van der Waals surface area (Å²) >= 11 is 3.58. The maximum atomic E-state index is 10.9. The van der Waals surface area contributed by atoms with Crippen molar-refractivity contribution in [2.75, 3.05) is 0 Å². The van der Waals surface area contributed by atoms with Gasteiger partial charge in [-0.1, -0.05) is 33.2 Å². The van der Waals surface area contributed by atoms with Crippen LogP contribution < -0.4 is 0 Å². The second-order valence-electron chi connectivity index (χ2n) is 5.96. The summed E-state index contributed by atoms with van der Waals surface area (Å²) in [7, 11) is 0. The Balaban J connectivity index is 1.73. The van der Waals surface area contributed by atoms with Crippen molar-refractivity contribution in [2.45, 2.75) is 30.5 Å². The number of rotatable bonds is 5. The van der Waals surface area contributed by atoms with Crippen LogP contribution in [0.5, 0.6) is 11.5 Å². The first kappa shape index (κ1) is 17.4. The third kappa shape index (κ3) is 3.98. The van der Waals surface area contributed by atoms with Crippen molar-refractivity contribution in [2.24, 2.45) is 5.92 Å². The molecule has 2 aromatic rings. The lowest BCUT2D eigenvalue weighted by Crippen LogP contribution is -2.11. The first-order chi connectivity index (χ1) is 11.9. The minimum Gasteiger partial charge on any atom is -0.504 e. The van der Waals surface area contributed by atoms with E-state index in [1.807, 2.05) is 0 Å². The summed E-state index contributed by atoms with van der Waals surface area (Å²) in [5, 5.41) is 34.0. The van der Waals surface area contributed by atoms with E-state index in [9.17, 15) is 20.3 Å². The molecule has 0 fully saturated rings. The topological polar surface area (TPSA) is 123 Å². The molecule has 0 bridgehead atoms. The van der Waals surface area contributed by atoms with Crippen molar-refractivity contribution in [3.05, 3.63) is 40.2 Å². The van der Waals surface area contributed by atoms with Crippen molar-refractivity contribution in [1.82, 2.24) is 10.1 Å². The average Bonchev–Trinajstić information content (AvgIpc) is 3.04. The number of nitrogens with zero attached hydrogens (tertiary/aromatic N) is 3. The first-order valence-electron chi connectivity index (χ1n) is 7.78. The third-order valence-corrected chi connectivity index (χ3v) is 4.81. The van der Waals surface area contributed by atoms with Crippen LogP contribution in [-0.2, 0) is 6.42 Å². The number of hydrogen-bond donors (Lipinski definition) is 2. The number of nitro groups is 1. The Kier molecular flexibility index (Phi) is 5.03. The van der Waals surface area contributed by atoms with E-state index < -0.39 is 22.1 Å². The molecule has 0 saturated heterocycles. The van der Waals surface area contributed by atoms with Gasteiger partial charge in [-0.25, -0.2) is 0 Å². The van der Waals surface area contributed by atoms with Crippen molar-refractivity contribution >= 4 is 21.6 Å². The van der Waals surface area contributed by atoms with Crippen LogP contribution in [0.4, 0.5) is 5.69 Å². The highest BCUT2D eigenvalue weighted by Crippen LogP contribution is 2.39. The number of aromatic nitrogens is 2. The highest BCUT2D eigenvalue weighted by atomic mass is 79.9. The fourth-order valence-corrected chi connectivity index (χ4v) is 3.56. The zero-order chi connectivity index (χ0) is 18.0. The largest absolute Gasteiger partial charge is 0.504 e. The van der Waals surface area contributed by atoms with Gasteiger partial charge in [0.25, 0.3) is 5.89 Å². The van der Waals surface area contributed by atoms with Crippen LogP contribution in [0.15, 0.2) is 28.8 Å². The fraction of sp³-hybridized carbons (Fsp3) is 0.375. The van der Waals surface area contributed by atoms with E-state index in [-0.39, 0.29) is 11.5 Å². The lowest BCUT2D eigenvalue weighted by atomic mass is 9.90. The number of nitro benzene ring substituents is 1. The van der Waals surface area contributed by atoms with Crippen LogP contribution >= 0.6 is 15.9 Å². The van der Waals surface area contributed by atoms with Gasteiger partial charge in [-0.05, 0) is 31.2 Å². The van der Waals surface area contributed by atoms with E-state index >= 15 is 0 Å². The van der Waals surface area contributed by atoms with Crippen LogP contribution in [0.3, 0.4) is 0 Å². The van der Waals surface area contributed by atoms with Crippen LogP contribution in [0.2, 0.25) is 0 Å². The third-order valence-electron chi connectivity index (χ3n) is 4.13. The highest BCUT2D eigenvalue weighted by molar-refractivity contribution is 9.09. The molecule has 1 aliphatic rings. The predicted molar refractivity (Wildman–Crippen MR) is 92.6 cm³/mol. The average molecular weight is 410 g/mol. The van der Waals surface area contributed by atoms with Gasteiger partial charge in [-0.2, -0.15) is 4.98 Å². The summed E-state index contributed by atoms with van der Waals surface area (Å²) in [5.41, 5.74) is -0.436. The van der Waals surface area contributed by atoms with Crippen LogP contribution in [0, 0.1) is 16.0 Å². The minimum absolute atomic E-state index is 0.0651. The molecule has 1 aromatic carbocycles. The molecule has 0 saturated carbocycles. The first-order valence-corrected chi connectivity index (χ1v) is 8.69. The summed E-state index contributed by atoms with van der Waals surface area (Å²) in [6.07, 6.45) is 7.92. The normalized spacial score (nSPS) is 19.9. The minimum atomic E-state index is -0.789. The van der Waals surface area contributed by atoms with Crippen molar-refractivity contribution < 1.29 is 19.7 Å². The lowest BCUT2D eigenvalue weighted by molar-refractivity contribution is -0.385. The van der Waals surface area contributed by atoms with Gasteiger partial charge in [-0.15, -0.1) is 0 Å². The second kappa shape index (κ2) is 7.22. The number of aromatic hydroxyl groups is 2. The molecule has 25 heavy (non-hydrogen) atoms. The Bertz CT molecular complexity index is 820. The molecule has 2 atom stereocenters. The van der Waals surface area contributed by atoms with E-state index in [0.717, 1.165) is 31.4 Å². The summed E-state index contributed by atoms with van der Waals surface area (Å²) < 4.78 is 5.14. The predicted octanol–water partition coefficient (Wildman–Crippen LogP) is 3.72. The van der Waals surface area contributed by atoms with Gasteiger partial charge in [-0.3, -0.25) is 10.1 Å². The quantitative estimate of drug-likeness (QED) is 0.253. The maximum Gasteiger partial charge on any atom is 0.315 e. The maximum absolute atomic E-state index is 10.9. The van der Waals surface area contributed by atoms with E-state index in [1.54, 1.807) is 0 Å². The second-order valence-corrected chi connectivity index (χ2v) is 7.13. The van der Waals surface area contributed by atoms with E-state index in [4.69, 9.17) is 4.52 Å².